The molecule has 7 nitrogen and oxygen atoms in total. The number of carbonyl (C=O) groups is 2. The van der Waals surface area contributed by atoms with Crippen molar-refractivity contribution in [2.75, 3.05) is 24.2 Å². The number of likely N-dealkylation sites (N-methyl/N-ethyl adjacent to an activating group) is 1. The zero-order valence-corrected chi connectivity index (χ0v) is 24.0. The molecule has 39 heavy (non-hydrogen) atoms. The summed E-state index contributed by atoms with van der Waals surface area (Å²) in [5, 5.41) is 2.65. The average molecular weight is 623 g/mol. The van der Waals surface area contributed by atoms with Gasteiger partial charge in [0, 0.05) is 43.5 Å². The van der Waals surface area contributed by atoms with Gasteiger partial charge in [0.05, 0.1) is 11.9 Å². The first-order valence-electron chi connectivity index (χ1n) is 12.2. The molecule has 0 aliphatic heterocycles. The van der Waals surface area contributed by atoms with E-state index in [1.54, 1.807) is 0 Å². The van der Waals surface area contributed by atoms with Crippen molar-refractivity contribution in [1.29, 1.82) is 0 Å². The summed E-state index contributed by atoms with van der Waals surface area (Å²) in [6.07, 6.45) is 1.26. The van der Waals surface area contributed by atoms with Gasteiger partial charge in [-0.3, -0.25) is 13.9 Å². The minimum Gasteiger partial charge on any atom is -0.357 e. The van der Waals surface area contributed by atoms with Crippen LogP contribution in [0.5, 0.6) is 0 Å². The lowest BCUT2D eigenvalue weighted by atomic mass is 10.0. The molecule has 0 unspecified atom stereocenters. The first-order valence-corrected chi connectivity index (χ1v) is 14.9. The van der Waals surface area contributed by atoms with Gasteiger partial charge in [-0.1, -0.05) is 58.4 Å². The Morgan fingerprint density at radius 3 is 2.21 bits per heavy atom. The van der Waals surface area contributed by atoms with E-state index in [-0.39, 0.29) is 49.9 Å². The van der Waals surface area contributed by atoms with E-state index < -0.39 is 27.7 Å². The zero-order chi connectivity index (χ0) is 28.6. The van der Waals surface area contributed by atoms with E-state index >= 15 is 0 Å². The Bertz CT molecular complexity index is 1390. The fraction of sp³-hybridized carbons (Fsp3) is 0.286. The molecule has 0 aliphatic rings. The van der Waals surface area contributed by atoms with Gasteiger partial charge in [0.15, 0.2) is 11.6 Å². The monoisotopic (exact) mass is 621 g/mol. The van der Waals surface area contributed by atoms with Crippen LogP contribution in [-0.2, 0) is 32.6 Å². The van der Waals surface area contributed by atoms with Gasteiger partial charge in [-0.25, -0.2) is 17.2 Å². The molecular weight excluding hydrogens is 592 g/mol. The van der Waals surface area contributed by atoms with E-state index in [1.807, 2.05) is 54.6 Å². The topological polar surface area (TPSA) is 86.8 Å². The molecule has 3 rings (SSSR count). The summed E-state index contributed by atoms with van der Waals surface area (Å²) in [5.41, 5.74) is 1.65. The van der Waals surface area contributed by atoms with Crippen molar-refractivity contribution in [2.45, 2.75) is 31.8 Å². The molecule has 0 bridgehead atoms. The van der Waals surface area contributed by atoms with Crippen LogP contribution in [0.3, 0.4) is 0 Å². The van der Waals surface area contributed by atoms with Crippen molar-refractivity contribution in [3.05, 3.63) is 100 Å². The zero-order valence-electron chi connectivity index (χ0n) is 21.6. The summed E-state index contributed by atoms with van der Waals surface area (Å²) in [6.45, 7) is 0.0289. The van der Waals surface area contributed by atoms with Crippen molar-refractivity contribution in [3.63, 3.8) is 0 Å². The first kappa shape index (κ1) is 30.2. The summed E-state index contributed by atoms with van der Waals surface area (Å²) >= 11 is 3.40. The maximum atomic E-state index is 13.8. The molecule has 0 saturated carbocycles. The molecular formula is C28H30BrF2N3O4S. The van der Waals surface area contributed by atoms with Crippen LogP contribution in [0.15, 0.2) is 77.3 Å². The molecule has 0 aliphatic carbocycles. The Morgan fingerprint density at radius 1 is 0.949 bits per heavy atom. The van der Waals surface area contributed by atoms with Gasteiger partial charge in [0.25, 0.3) is 0 Å². The second-order valence-corrected chi connectivity index (χ2v) is 11.8. The van der Waals surface area contributed by atoms with Crippen LogP contribution in [0.25, 0.3) is 0 Å². The van der Waals surface area contributed by atoms with E-state index in [2.05, 4.69) is 21.2 Å². The lowest BCUT2D eigenvalue weighted by Crippen LogP contribution is -2.49. The summed E-state index contributed by atoms with van der Waals surface area (Å²) in [5.74, 6) is -2.94. The summed E-state index contributed by atoms with van der Waals surface area (Å²) in [4.78, 5) is 28.1. The molecule has 0 aromatic heterocycles. The van der Waals surface area contributed by atoms with Gasteiger partial charge >= 0.3 is 0 Å². The third-order valence-corrected chi connectivity index (χ3v) is 7.85. The SMILES string of the molecule is CNC(=O)[C@@H](Cc1ccccc1)N(Cc1ccc(Br)cc1)C(=O)CCCN(c1ccc(F)c(F)c1)S(C)(=O)=O. The second-order valence-electron chi connectivity index (χ2n) is 9.00. The van der Waals surface area contributed by atoms with E-state index in [9.17, 15) is 26.8 Å². The molecule has 2 amide bonds. The van der Waals surface area contributed by atoms with Crippen molar-refractivity contribution in [3.8, 4) is 0 Å². The number of benzene rings is 3. The standard InChI is InChI=1S/C28H30BrF2N3O4S/c1-32-28(36)26(17-20-7-4-3-5-8-20)33(19-21-10-12-22(29)13-11-21)27(35)9-6-16-34(39(2,37)38)23-14-15-24(30)25(31)18-23/h3-5,7-8,10-15,18,26H,6,9,16-17,19H2,1-2H3,(H,32,36)/t26-/m1/s1. The minimum atomic E-state index is -3.84. The predicted octanol–water partition coefficient (Wildman–Crippen LogP) is 4.66. The highest BCUT2D eigenvalue weighted by Gasteiger charge is 2.30. The molecule has 1 atom stereocenters. The maximum Gasteiger partial charge on any atom is 0.242 e. The summed E-state index contributed by atoms with van der Waals surface area (Å²) in [7, 11) is -2.33. The Labute approximate surface area is 236 Å². The van der Waals surface area contributed by atoms with Crippen LogP contribution in [0.1, 0.15) is 24.0 Å². The van der Waals surface area contributed by atoms with Gasteiger partial charge in [-0.15, -0.1) is 0 Å². The van der Waals surface area contributed by atoms with Crippen molar-refractivity contribution in [2.24, 2.45) is 0 Å². The molecule has 0 radical (unpaired) electrons. The lowest BCUT2D eigenvalue weighted by molar-refractivity contribution is -0.141. The van der Waals surface area contributed by atoms with Gasteiger partial charge in [0.1, 0.15) is 6.04 Å². The van der Waals surface area contributed by atoms with Crippen LogP contribution >= 0.6 is 15.9 Å². The number of amides is 2. The largest absolute Gasteiger partial charge is 0.357 e. The molecule has 11 heteroatoms. The Morgan fingerprint density at radius 2 is 1.62 bits per heavy atom. The number of anilines is 1. The van der Waals surface area contributed by atoms with Gasteiger partial charge in [0.2, 0.25) is 21.8 Å². The number of hydrogen-bond acceptors (Lipinski definition) is 4. The normalized spacial score (nSPS) is 12.0. The van der Waals surface area contributed by atoms with E-state index in [4.69, 9.17) is 0 Å². The smallest absolute Gasteiger partial charge is 0.242 e. The molecule has 0 saturated heterocycles. The minimum absolute atomic E-state index is 0.0390. The highest BCUT2D eigenvalue weighted by atomic mass is 79.9. The van der Waals surface area contributed by atoms with E-state index in [1.165, 1.54) is 18.0 Å². The number of hydrogen-bond donors (Lipinski definition) is 1. The van der Waals surface area contributed by atoms with Crippen LogP contribution in [0.2, 0.25) is 0 Å². The Hall–Kier alpha value is -3.31. The van der Waals surface area contributed by atoms with E-state index in [0.29, 0.717) is 0 Å². The highest BCUT2D eigenvalue weighted by molar-refractivity contribution is 9.10. The molecule has 0 heterocycles. The lowest BCUT2D eigenvalue weighted by Gasteiger charge is -2.31. The van der Waals surface area contributed by atoms with Crippen LogP contribution in [0.4, 0.5) is 14.5 Å². The van der Waals surface area contributed by atoms with Crippen molar-refractivity contribution >= 4 is 43.5 Å². The number of rotatable bonds is 12. The number of halogens is 3. The second kappa shape index (κ2) is 13.7. The maximum absolute atomic E-state index is 13.8. The van der Waals surface area contributed by atoms with Gasteiger partial charge in [-0.2, -0.15) is 0 Å². The number of nitrogens with one attached hydrogen (secondary N) is 1. The third-order valence-electron chi connectivity index (χ3n) is 6.13. The van der Waals surface area contributed by atoms with Gasteiger partial charge in [-0.05, 0) is 41.8 Å². The summed E-state index contributed by atoms with van der Waals surface area (Å²) in [6, 6.07) is 18.7. The van der Waals surface area contributed by atoms with Crippen LogP contribution in [0, 0.1) is 11.6 Å². The van der Waals surface area contributed by atoms with Crippen LogP contribution < -0.4 is 9.62 Å². The fourth-order valence-corrected chi connectivity index (χ4v) is 5.37. The molecule has 3 aromatic carbocycles. The molecule has 208 valence electrons. The highest BCUT2D eigenvalue weighted by Crippen LogP contribution is 2.22. The van der Waals surface area contributed by atoms with Crippen molar-refractivity contribution in [1.82, 2.24) is 10.2 Å². The predicted molar refractivity (Wildman–Crippen MR) is 150 cm³/mol. The Balaban J connectivity index is 1.84. The molecule has 0 fully saturated rings. The Kier molecular flexibility index (Phi) is 10.6. The van der Waals surface area contributed by atoms with Gasteiger partial charge < -0.3 is 10.2 Å². The summed E-state index contributed by atoms with van der Waals surface area (Å²) < 4.78 is 53.8. The van der Waals surface area contributed by atoms with E-state index in [0.717, 1.165) is 38.3 Å². The molecule has 3 aromatic rings. The molecule has 1 N–H and O–H groups in total. The van der Waals surface area contributed by atoms with Crippen LogP contribution in [-0.4, -0.2) is 51.0 Å². The number of sulfonamides is 1. The average Bonchev–Trinajstić information content (AvgIpc) is 2.90. The fourth-order valence-electron chi connectivity index (χ4n) is 4.15. The first-order chi connectivity index (χ1) is 18.5. The van der Waals surface area contributed by atoms with Crippen molar-refractivity contribution < 1.29 is 26.8 Å². The number of nitrogens with zero attached hydrogens (tertiary/aromatic N) is 2. The third kappa shape index (κ3) is 8.59. The molecule has 0 spiro atoms. The number of carbonyl (C=O) groups excluding carboxylic acids is 2. The quantitative estimate of drug-likeness (QED) is 0.319.